The van der Waals surface area contributed by atoms with Crippen LogP contribution in [0.25, 0.3) is 0 Å². The van der Waals surface area contributed by atoms with E-state index in [1.165, 1.54) is 14.2 Å². The van der Waals surface area contributed by atoms with E-state index in [0.29, 0.717) is 17.1 Å². The van der Waals surface area contributed by atoms with Crippen LogP contribution in [0, 0.1) is 0 Å². The summed E-state index contributed by atoms with van der Waals surface area (Å²) in [6.07, 6.45) is 0. The molecule has 0 heterocycles. The van der Waals surface area contributed by atoms with Crippen molar-refractivity contribution in [3.8, 4) is 11.5 Å². The van der Waals surface area contributed by atoms with Gasteiger partial charge in [-0.05, 0) is 12.1 Å². The Kier molecular flexibility index (Phi) is 3.48. The molecule has 0 aliphatic rings. The number of benzene rings is 1. The number of hydrogen-bond donors (Lipinski definition) is 1. The topological polar surface area (TPSA) is 61.5 Å². The van der Waals surface area contributed by atoms with Gasteiger partial charge in [0, 0.05) is 0 Å². The molecule has 0 fully saturated rings. The molecule has 0 radical (unpaired) electrons. The zero-order valence-corrected chi connectivity index (χ0v) is 8.24. The van der Waals surface area contributed by atoms with Crippen LogP contribution in [0.5, 0.6) is 11.5 Å². The summed E-state index contributed by atoms with van der Waals surface area (Å²) in [6, 6.07) is 5.15. The predicted molar refractivity (Wildman–Crippen MR) is 52.9 cm³/mol. The van der Waals surface area contributed by atoms with Crippen LogP contribution in [0.2, 0.25) is 0 Å². The second kappa shape index (κ2) is 4.62. The molecule has 0 atom stereocenters. The third kappa shape index (κ3) is 1.85. The van der Waals surface area contributed by atoms with Gasteiger partial charge in [-0.1, -0.05) is 6.07 Å². The van der Waals surface area contributed by atoms with Gasteiger partial charge in [0.05, 0.1) is 20.8 Å². The molecular weight excluding hydrogens is 182 g/mol. The number of ketones is 1. The molecule has 1 rings (SSSR count). The first kappa shape index (κ1) is 10.5. The second-order valence-corrected chi connectivity index (χ2v) is 2.66. The smallest absolute Gasteiger partial charge is 0.183 e. The Morgan fingerprint density at radius 3 is 2.14 bits per heavy atom. The summed E-state index contributed by atoms with van der Waals surface area (Å²) < 4.78 is 10.1. The first-order valence-corrected chi connectivity index (χ1v) is 4.18. The maximum absolute atomic E-state index is 11.5. The molecule has 1 aromatic rings. The number of carbonyl (C=O) groups excluding carboxylic acids is 1. The zero-order chi connectivity index (χ0) is 10.6. The van der Waals surface area contributed by atoms with E-state index >= 15 is 0 Å². The van der Waals surface area contributed by atoms with Crippen molar-refractivity contribution < 1.29 is 14.3 Å². The van der Waals surface area contributed by atoms with Gasteiger partial charge < -0.3 is 15.2 Å². The Morgan fingerprint density at radius 2 is 1.79 bits per heavy atom. The van der Waals surface area contributed by atoms with Crippen LogP contribution in [-0.2, 0) is 0 Å². The van der Waals surface area contributed by atoms with E-state index in [4.69, 9.17) is 15.2 Å². The van der Waals surface area contributed by atoms with Crippen LogP contribution in [0.4, 0.5) is 0 Å². The minimum absolute atomic E-state index is 0.0588. The van der Waals surface area contributed by atoms with E-state index < -0.39 is 0 Å². The molecule has 2 N–H and O–H groups in total. The van der Waals surface area contributed by atoms with Crippen molar-refractivity contribution in [3.63, 3.8) is 0 Å². The van der Waals surface area contributed by atoms with Crippen LogP contribution < -0.4 is 15.2 Å². The van der Waals surface area contributed by atoms with Crippen molar-refractivity contribution in [2.75, 3.05) is 20.8 Å². The van der Waals surface area contributed by atoms with Crippen molar-refractivity contribution in [2.24, 2.45) is 5.73 Å². The normalized spacial score (nSPS) is 9.64. The van der Waals surface area contributed by atoms with Gasteiger partial charge in [0.2, 0.25) is 0 Å². The molecule has 0 unspecified atom stereocenters. The maximum atomic E-state index is 11.5. The van der Waals surface area contributed by atoms with Crippen LogP contribution in [0.3, 0.4) is 0 Å². The number of Topliss-reactive ketones (excluding diaryl/α,β-unsaturated/α-hetero) is 1. The molecule has 0 bridgehead atoms. The predicted octanol–water partition coefficient (Wildman–Crippen LogP) is 0.845. The third-order valence-corrected chi connectivity index (χ3v) is 1.89. The highest BCUT2D eigenvalue weighted by Crippen LogP contribution is 2.28. The first-order valence-electron chi connectivity index (χ1n) is 4.18. The molecule has 76 valence electrons. The number of ether oxygens (including phenoxy) is 2. The fourth-order valence-electron chi connectivity index (χ4n) is 1.23. The highest BCUT2D eigenvalue weighted by molar-refractivity contribution is 6.02. The SMILES string of the molecule is COc1cccc(OC)c1C(=O)CN. The maximum Gasteiger partial charge on any atom is 0.183 e. The van der Waals surface area contributed by atoms with Crippen molar-refractivity contribution in [1.82, 2.24) is 0 Å². The minimum atomic E-state index is -0.195. The molecule has 0 aromatic heterocycles. The Morgan fingerprint density at radius 1 is 1.29 bits per heavy atom. The Bertz CT molecular complexity index is 314. The molecule has 0 amide bonds. The largest absolute Gasteiger partial charge is 0.496 e. The lowest BCUT2D eigenvalue weighted by molar-refractivity contribution is 0.0995. The summed E-state index contributed by atoms with van der Waals surface area (Å²) >= 11 is 0. The van der Waals surface area contributed by atoms with E-state index in [1.54, 1.807) is 18.2 Å². The van der Waals surface area contributed by atoms with Crippen molar-refractivity contribution >= 4 is 5.78 Å². The van der Waals surface area contributed by atoms with Crippen molar-refractivity contribution in [1.29, 1.82) is 0 Å². The Hall–Kier alpha value is -1.55. The standard InChI is InChI=1S/C10H13NO3/c1-13-8-4-3-5-9(14-2)10(8)7(12)6-11/h3-5H,6,11H2,1-2H3. The molecule has 0 aliphatic carbocycles. The van der Waals surface area contributed by atoms with E-state index in [0.717, 1.165) is 0 Å². The van der Waals surface area contributed by atoms with Gasteiger partial charge in [-0.3, -0.25) is 4.79 Å². The van der Waals surface area contributed by atoms with Crippen molar-refractivity contribution in [2.45, 2.75) is 0 Å². The molecule has 4 nitrogen and oxygen atoms in total. The lowest BCUT2D eigenvalue weighted by Gasteiger charge is -2.10. The van der Waals surface area contributed by atoms with Crippen LogP contribution in [0.15, 0.2) is 18.2 Å². The summed E-state index contributed by atoms with van der Waals surface area (Å²) in [5, 5.41) is 0. The van der Waals surface area contributed by atoms with Gasteiger partial charge in [-0.2, -0.15) is 0 Å². The monoisotopic (exact) mass is 195 g/mol. The van der Waals surface area contributed by atoms with E-state index in [9.17, 15) is 4.79 Å². The van der Waals surface area contributed by atoms with Crippen LogP contribution >= 0.6 is 0 Å². The number of carbonyl (C=O) groups is 1. The highest BCUT2D eigenvalue weighted by Gasteiger charge is 2.15. The fourth-order valence-corrected chi connectivity index (χ4v) is 1.23. The average molecular weight is 195 g/mol. The quantitative estimate of drug-likeness (QED) is 0.723. The van der Waals surface area contributed by atoms with Gasteiger partial charge in [0.1, 0.15) is 17.1 Å². The molecule has 0 spiro atoms. The number of methoxy groups -OCH3 is 2. The fraction of sp³-hybridized carbons (Fsp3) is 0.300. The molecule has 4 heteroatoms. The molecule has 1 aromatic carbocycles. The lowest BCUT2D eigenvalue weighted by atomic mass is 10.1. The average Bonchev–Trinajstić information content (AvgIpc) is 2.26. The summed E-state index contributed by atoms with van der Waals surface area (Å²) in [5.41, 5.74) is 5.69. The number of hydrogen-bond acceptors (Lipinski definition) is 4. The highest BCUT2D eigenvalue weighted by atomic mass is 16.5. The van der Waals surface area contributed by atoms with Crippen LogP contribution in [0.1, 0.15) is 10.4 Å². The second-order valence-electron chi connectivity index (χ2n) is 2.66. The molecule has 0 saturated carbocycles. The Labute approximate surface area is 82.6 Å². The van der Waals surface area contributed by atoms with Gasteiger partial charge in [-0.15, -0.1) is 0 Å². The molecule has 0 saturated heterocycles. The van der Waals surface area contributed by atoms with Gasteiger partial charge in [0.15, 0.2) is 5.78 Å². The molecule has 14 heavy (non-hydrogen) atoms. The first-order chi connectivity index (χ1) is 6.74. The minimum Gasteiger partial charge on any atom is -0.496 e. The molecular formula is C10H13NO3. The van der Waals surface area contributed by atoms with Gasteiger partial charge in [-0.25, -0.2) is 0 Å². The number of nitrogens with two attached hydrogens (primary N) is 1. The zero-order valence-electron chi connectivity index (χ0n) is 8.24. The third-order valence-electron chi connectivity index (χ3n) is 1.89. The summed E-state index contributed by atoms with van der Waals surface area (Å²) in [5.74, 6) is 0.777. The van der Waals surface area contributed by atoms with Crippen LogP contribution in [-0.4, -0.2) is 26.5 Å². The van der Waals surface area contributed by atoms with E-state index in [2.05, 4.69) is 0 Å². The summed E-state index contributed by atoms with van der Waals surface area (Å²) in [7, 11) is 3.00. The number of rotatable bonds is 4. The Balaban J connectivity index is 3.25. The van der Waals surface area contributed by atoms with Gasteiger partial charge in [0.25, 0.3) is 0 Å². The lowest BCUT2D eigenvalue weighted by Crippen LogP contribution is -2.15. The summed E-state index contributed by atoms with van der Waals surface area (Å²) in [4.78, 5) is 11.5. The van der Waals surface area contributed by atoms with E-state index in [1.807, 2.05) is 0 Å². The van der Waals surface area contributed by atoms with Crippen molar-refractivity contribution in [3.05, 3.63) is 23.8 Å². The van der Waals surface area contributed by atoms with E-state index in [-0.39, 0.29) is 12.3 Å². The van der Waals surface area contributed by atoms with Gasteiger partial charge >= 0.3 is 0 Å². The molecule has 0 aliphatic heterocycles. The summed E-state index contributed by atoms with van der Waals surface area (Å²) in [6.45, 7) is -0.0588.